The highest BCUT2D eigenvalue weighted by Crippen LogP contribution is 2.34. The number of sulfone groups is 1. The lowest BCUT2D eigenvalue weighted by Crippen LogP contribution is -2.24. The van der Waals surface area contributed by atoms with E-state index in [4.69, 9.17) is 23.2 Å². The SMILES string of the molecule is CC(C)(C)c1cc(CNC(=O)CCl)c(O)c(S(=O)(=O)CCl)c1. The zero-order valence-electron chi connectivity index (χ0n) is 12.6. The van der Waals surface area contributed by atoms with E-state index in [0.29, 0.717) is 11.1 Å². The molecule has 124 valence electrons. The first-order chi connectivity index (χ1) is 10.0. The summed E-state index contributed by atoms with van der Waals surface area (Å²) in [7, 11) is -3.80. The maximum absolute atomic E-state index is 12.0. The van der Waals surface area contributed by atoms with Crippen LogP contribution < -0.4 is 5.32 Å². The van der Waals surface area contributed by atoms with Crippen molar-refractivity contribution in [3.63, 3.8) is 0 Å². The minimum atomic E-state index is -3.80. The fourth-order valence-corrected chi connectivity index (χ4v) is 3.07. The molecule has 1 amide bonds. The van der Waals surface area contributed by atoms with Gasteiger partial charge in [0.1, 0.15) is 21.7 Å². The van der Waals surface area contributed by atoms with Crippen molar-refractivity contribution < 1.29 is 18.3 Å². The van der Waals surface area contributed by atoms with Gasteiger partial charge in [-0.25, -0.2) is 8.42 Å². The lowest BCUT2D eigenvalue weighted by molar-refractivity contribution is -0.118. The number of aromatic hydroxyl groups is 1. The number of carbonyl (C=O) groups excluding carboxylic acids is 1. The lowest BCUT2D eigenvalue weighted by Gasteiger charge is -2.22. The molecule has 0 aliphatic rings. The third-order valence-electron chi connectivity index (χ3n) is 3.10. The molecule has 22 heavy (non-hydrogen) atoms. The molecule has 0 aliphatic carbocycles. The molecule has 0 saturated heterocycles. The highest BCUT2D eigenvalue weighted by molar-refractivity contribution is 7.92. The number of alkyl halides is 2. The number of phenols is 1. The van der Waals surface area contributed by atoms with Gasteiger partial charge in [0.25, 0.3) is 0 Å². The molecule has 1 aromatic rings. The first-order valence-electron chi connectivity index (χ1n) is 6.50. The first-order valence-corrected chi connectivity index (χ1v) is 9.23. The number of amides is 1. The van der Waals surface area contributed by atoms with Crippen LogP contribution in [0.15, 0.2) is 17.0 Å². The van der Waals surface area contributed by atoms with Gasteiger partial charge >= 0.3 is 0 Å². The lowest BCUT2D eigenvalue weighted by atomic mass is 9.86. The molecule has 0 heterocycles. The molecule has 1 aromatic carbocycles. The third kappa shape index (κ3) is 4.51. The van der Waals surface area contributed by atoms with Crippen LogP contribution in [0.1, 0.15) is 31.9 Å². The molecule has 0 radical (unpaired) electrons. The van der Waals surface area contributed by atoms with Gasteiger partial charge in [0.15, 0.2) is 9.84 Å². The van der Waals surface area contributed by atoms with Crippen LogP contribution in [0.3, 0.4) is 0 Å². The van der Waals surface area contributed by atoms with Crippen molar-refractivity contribution in [1.82, 2.24) is 5.32 Å². The van der Waals surface area contributed by atoms with Crippen LogP contribution in [0.2, 0.25) is 0 Å². The van der Waals surface area contributed by atoms with Gasteiger partial charge in [0.05, 0.1) is 0 Å². The minimum absolute atomic E-state index is 0.0217. The summed E-state index contributed by atoms with van der Waals surface area (Å²) in [6.07, 6.45) is 0. The Hall–Kier alpha value is -0.980. The standard InChI is InChI=1S/C14H19Cl2NO4S/c1-14(2,3)10-4-9(7-17-12(18)6-15)13(19)11(5-10)22(20,21)8-16/h4-5,19H,6-8H2,1-3H3,(H,17,18). The smallest absolute Gasteiger partial charge is 0.235 e. The predicted octanol–water partition coefficient (Wildman–Crippen LogP) is 2.51. The van der Waals surface area contributed by atoms with Gasteiger partial charge in [-0.3, -0.25) is 4.79 Å². The van der Waals surface area contributed by atoms with Gasteiger partial charge in [0, 0.05) is 12.1 Å². The Labute approximate surface area is 140 Å². The van der Waals surface area contributed by atoms with Crippen molar-refractivity contribution in [2.45, 2.75) is 37.6 Å². The molecule has 0 atom stereocenters. The number of nitrogens with one attached hydrogen (secondary N) is 1. The van der Waals surface area contributed by atoms with Gasteiger partial charge in [0.2, 0.25) is 5.91 Å². The number of carbonyl (C=O) groups is 1. The van der Waals surface area contributed by atoms with Gasteiger partial charge in [-0.1, -0.05) is 20.8 Å². The molecule has 0 unspecified atom stereocenters. The van der Waals surface area contributed by atoms with Crippen molar-refractivity contribution in [2.75, 3.05) is 11.1 Å². The van der Waals surface area contributed by atoms with Crippen molar-refractivity contribution in [2.24, 2.45) is 0 Å². The van der Waals surface area contributed by atoms with E-state index in [1.54, 1.807) is 6.07 Å². The van der Waals surface area contributed by atoms with Crippen LogP contribution in [-0.4, -0.2) is 30.5 Å². The van der Waals surface area contributed by atoms with E-state index in [1.165, 1.54) is 6.07 Å². The summed E-state index contributed by atoms with van der Waals surface area (Å²) in [4.78, 5) is 11.0. The highest BCUT2D eigenvalue weighted by Gasteiger charge is 2.25. The Morgan fingerprint density at radius 1 is 1.27 bits per heavy atom. The Balaban J connectivity index is 3.43. The molecular weight excluding hydrogens is 349 g/mol. The molecule has 0 fully saturated rings. The van der Waals surface area contributed by atoms with E-state index in [9.17, 15) is 18.3 Å². The Morgan fingerprint density at radius 3 is 2.32 bits per heavy atom. The van der Waals surface area contributed by atoms with Crippen LogP contribution in [0, 0.1) is 0 Å². The van der Waals surface area contributed by atoms with Gasteiger partial charge < -0.3 is 10.4 Å². The number of benzene rings is 1. The Kier molecular flexibility index (Phi) is 6.12. The fourth-order valence-electron chi connectivity index (χ4n) is 1.77. The van der Waals surface area contributed by atoms with E-state index in [1.807, 2.05) is 20.8 Å². The summed E-state index contributed by atoms with van der Waals surface area (Å²) in [5, 5.41) is 12.1. The molecule has 0 spiro atoms. The molecule has 0 saturated carbocycles. The van der Waals surface area contributed by atoms with E-state index in [-0.39, 0.29) is 22.7 Å². The molecule has 0 aliphatic heterocycles. The maximum Gasteiger partial charge on any atom is 0.235 e. The summed E-state index contributed by atoms with van der Waals surface area (Å²) in [6.45, 7) is 5.72. The second-order valence-corrected chi connectivity index (χ2v) is 8.68. The summed E-state index contributed by atoms with van der Waals surface area (Å²) in [5.41, 5.74) is 0.675. The number of rotatable bonds is 5. The number of halogens is 2. The first kappa shape index (κ1) is 19.1. The van der Waals surface area contributed by atoms with Crippen LogP contribution in [0.25, 0.3) is 0 Å². The van der Waals surface area contributed by atoms with E-state index in [2.05, 4.69) is 5.32 Å². The largest absolute Gasteiger partial charge is 0.506 e. The normalized spacial score (nSPS) is 12.2. The zero-order valence-corrected chi connectivity index (χ0v) is 14.9. The van der Waals surface area contributed by atoms with Crippen LogP contribution in [-0.2, 0) is 26.6 Å². The third-order valence-corrected chi connectivity index (χ3v) is 5.47. The van der Waals surface area contributed by atoms with Crippen LogP contribution in [0.4, 0.5) is 0 Å². The van der Waals surface area contributed by atoms with Crippen molar-refractivity contribution >= 4 is 38.9 Å². The number of hydrogen-bond acceptors (Lipinski definition) is 4. The second-order valence-electron chi connectivity index (χ2n) is 5.87. The Bertz CT molecular complexity index is 666. The fraction of sp³-hybridized carbons (Fsp3) is 0.500. The molecular formula is C14H19Cl2NO4S. The quantitative estimate of drug-likeness (QED) is 0.783. The second kappa shape index (κ2) is 7.06. The van der Waals surface area contributed by atoms with Gasteiger partial charge in [-0.05, 0) is 23.1 Å². The molecule has 0 aromatic heterocycles. The summed E-state index contributed by atoms with van der Waals surface area (Å²) in [5.74, 6) is -1.03. The van der Waals surface area contributed by atoms with Crippen molar-refractivity contribution in [3.8, 4) is 5.75 Å². The van der Waals surface area contributed by atoms with Crippen LogP contribution in [0.5, 0.6) is 5.75 Å². The number of hydrogen-bond donors (Lipinski definition) is 2. The van der Waals surface area contributed by atoms with Crippen molar-refractivity contribution in [3.05, 3.63) is 23.3 Å². The minimum Gasteiger partial charge on any atom is -0.506 e. The average molecular weight is 368 g/mol. The summed E-state index contributed by atoms with van der Waals surface area (Å²) in [6, 6.07) is 3.08. The number of phenolic OH excluding ortho intramolecular Hbond substituents is 1. The van der Waals surface area contributed by atoms with E-state index in [0.717, 1.165) is 0 Å². The average Bonchev–Trinajstić information content (AvgIpc) is 2.44. The van der Waals surface area contributed by atoms with Crippen molar-refractivity contribution in [1.29, 1.82) is 0 Å². The monoisotopic (exact) mass is 367 g/mol. The highest BCUT2D eigenvalue weighted by atomic mass is 35.5. The molecule has 8 heteroatoms. The molecule has 0 bridgehead atoms. The van der Waals surface area contributed by atoms with E-state index >= 15 is 0 Å². The molecule has 2 N–H and O–H groups in total. The van der Waals surface area contributed by atoms with Gasteiger partial charge in [-0.2, -0.15) is 0 Å². The van der Waals surface area contributed by atoms with Crippen LogP contribution >= 0.6 is 23.2 Å². The predicted molar refractivity (Wildman–Crippen MR) is 87.3 cm³/mol. The van der Waals surface area contributed by atoms with E-state index < -0.39 is 26.7 Å². The maximum atomic E-state index is 12.0. The zero-order chi connectivity index (χ0) is 17.1. The summed E-state index contributed by atoms with van der Waals surface area (Å²) < 4.78 is 24.1. The van der Waals surface area contributed by atoms with Gasteiger partial charge in [-0.15, -0.1) is 23.2 Å². The molecule has 5 nitrogen and oxygen atoms in total. The topological polar surface area (TPSA) is 83.5 Å². The Morgan fingerprint density at radius 2 is 1.86 bits per heavy atom. The summed E-state index contributed by atoms with van der Waals surface area (Å²) >= 11 is 10.9. The molecule has 1 rings (SSSR count).